The fraction of sp³-hybridized carbons (Fsp3) is 0.467. The van der Waals surface area contributed by atoms with Crippen LogP contribution in [0.3, 0.4) is 0 Å². The van der Waals surface area contributed by atoms with Crippen LogP contribution in [0.1, 0.15) is 13.8 Å². The zero-order valence-corrected chi connectivity index (χ0v) is 14.1. The van der Waals surface area contributed by atoms with Crippen LogP contribution < -0.4 is 5.32 Å². The standard InChI is InChI=1S/C15H18ClN3O2S/c1-9-6-19(7-10(2)21-9)8-14(20)18-15-17-12-5-11(16)3-4-13(12)22-15/h3-5,9-10H,6-8H2,1-2H3,(H,17,18,20)/t9-,10-/m1/s1. The van der Waals surface area contributed by atoms with Crippen molar-refractivity contribution in [2.45, 2.75) is 26.1 Å². The van der Waals surface area contributed by atoms with E-state index in [-0.39, 0.29) is 18.1 Å². The molecule has 2 aromatic rings. The zero-order valence-electron chi connectivity index (χ0n) is 12.5. The van der Waals surface area contributed by atoms with Crippen molar-refractivity contribution in [1.82, 2.24) is 9.88 Å². The van der Waals surface area contributed by atoms with Crippen molar-refractivity contribution in [3.05, 3.63) is 23.2 Å². The third-order valence-corrected chi connectivity index (χ3v) is 4.65. The SMILES string of the molecule is C[C@@H]1CN(CC(=O)Nc2nc3cc(Cl)ccc3s2)C[C@@H](C)O1. The number of nitrogens with one attached hydrogen (secondary N) is 1. The number of rotatable bonds is 3. The summed E-state index contributed by atoms with van der Waals surface area (Å²) in [6, 6.07) is 5.54. The number of ether oxygens (including phenoxy) is 1. The highest BCUT2D eigenvalue weighted by Crippen LogP contribution is 2.28. The highest BCUT2D eigenvalue weighted by atomic mass is 35.5. The average Bonchev–Trinajstić information content (AvgIpc) is 2.78. The van der Waals surface area contributed by atoms with Gasteiger partial charge in [0.25, 0.3) is 0 Å². The number of hydrogen-bond acceptors (Lipinski definition) is 5. The number of carbonyl (C=O) groups is 1. The van der Waals surface area contributed by atoms with Gasteiger partial charge in [-0.25, -0.2) is 4.98 Å². The second-order valence-electron chi connectivity index (χ2n) is 5.63. The van der Waals surface area contributed by atoms with Crippen LogP contribution in [0, 0.1) is 0 Å². The van der Waals surface area contributed by atoms with E-state index in [1.54, 1.807) is 6.07 Å². The Morgan fingerprint density at radius 1 is 1.45 bits per heavy atom. The summed E-state index contributed by atoms with van der Waals surface area (Å²) < 4.78 is 6.68. The van der Waals surface area contributed by atoms with Crippen LogP contribution in [0.4, 0.5) is 5.13 Å². The van der Waals surface area contributed by atoms with Crippen molar-refractivity contribution in [2.75, 3.05) is 25.0 Å². The van der Waals surface area contributed by atoms with E-state index in [1.807, 2.05) is 26.0 Å². The monoisotopic (exact) mass is 339 g/mol. The van der Waals surface area contributed by atoms with Crippen LogP contribution in [-0.4, -0.2) is 47.6 Å². The predicted octanol–water partition coefficient (Wildman–Crippen LogP) is 3.00. The maximum atomic E-state index is 12.2. The Balaban J connectivity index is 1.63. The van der Waals surface area contributed by atoms with E-state index in [0.29, 0.717) is 16.7 Å². The number of hydrogen-bond donors (Lipinski definition) is 1. The Hall–Kier alpha value is -1.21. The van der Waals surface area contributed by atoms with E-state index in [2.05, 4.69) is 15.2 Å². The van der Waals surface area contributed by atoms with Crippen LogP contribution in [0.2, 0.25) is 5.02 Å². The molecule has 1 N–H and O–H groups in total. The van der Waals surface area contributed by atoms with Gasteiger partial charge >= 0.3 is 0 Å². The molecule has 0 radical (unpaired) electrons. The lowest BCUT2D eigenvalue weighted by Crippen LogP contribution is -2.48. The minimum Gasteiger partial charge on any atom is -0.373 e. The largest absolute Gasteiger partial charge is 0.373 e. The molecule has 0 bridgehead atoms. The first-order chi connectivity index (χ1) is 10.5. The summed E-state index contributed by atoms with van der Waals surface area (Å²) in [5, 5.41) is 4.12. The number of morpholine rings is 1. The van der Waals surface area contributed by atoms with Crippen molar-refractivity contribution >= 4 is 44.2 Å². The Morgan fingerprint density at radius 2 is 2.18 bits per heavy atom. The first kappa shape index (κ1) is 15.7. The molecule has 1 amide bonds. The van der Waals surface area contributed by atoms with Gasteiger partial charge in [0.15, 0.2) is 5.13 Å². The van der Waals surface area contributed by atoms with E-state index < -0.39 is 0 Å². The van der Waals surface area contributed by atoms with Gasteiger partial charge in [-0.2, -0.15) is 0 Å². The van der Waals surface area contributed by atoms with Crippen LogP contribution in [0.5, 0.6) is 0 Å². The number of carbonyl (C=O) groups excluding carboxylic acids is 1. The molecule has 7 heteroatoms. The van der Waals surface area contributed by atoms with Gasteiger partial charge in [-0.05, 0) is 32.0 Å². The number of anilines is 1. The van der Waals surface area contributed by atoms with Crippen molar-refractivity contribution in [3.8, 4) is 0 Å². The third-order valence-electron chi connectivity index (χ3n) is 3.46. The number of halogens is 1. The molecule has 118 valence electrons. The molecule has 1 fully saturated rings. The van der Waals surface area contributed by atoms with Gasteiger partial charge in [-0.3, -0.25) is 9.69 Å². The molecule has 0 saturated carbocycles. The number of aromatic nitrogens is 1. The molecule has 1 aliphatic heterocycles. The molecule has 5 nitrogen and oxygen atoms in total. The van der Waals surface area contributed by atoms with Gasteiger partial charge < -0.3 is 10.1 Å². The summed E-state index contributed by atoms with van der Waals surface area (Å²) in [7, 11) is 0. The molecule has 1 aromatic carbocycles. The maximum absolute atomic E-state index is 12.2. The highest BCUT2D eigenvalue weighted by Gasteiger charge is 2.23. The second-order valence-corrected chi connectivity index (χ2v) is 7.10. The summed E-state index contributed by atoms with van der Waals surface area (Å²) in [5.74, 6) is -0.0496. The summed E-state index contributed by atoms with van der Waals surface area (Å²) in [6.45, 7) is 5.95. The molecule has 1 aromatic heterocycles. The van der Waals surface area contributed by atoms with Gasteiger partial charge in [-0.1, -0.05) is 22.9 Å². The molecule has 22 heavy (non-hydrogen) atoms. The van der Waals surface area contributed by atoms with E-state index >= 15 is 0 Å². The van der Waals surface area contributed by atoms with Gasteiger partial charge in [-0.15, -0.1) is 0 Å². The van der Waals surface area contributed by atoms with Gasteiger partial charge in [0, 0.05) is 18.1 Å². The van der Waals surface area contributed by atoms with Crippen molar-refractivity contribution < 1.29 is 9.53 Å². The fourth-order valence-electron chi connectivity index (χ4n) is 2.73. The molecular formula is C15H18ClN3O2S. The van der Waals surface area contributed by atoms with Crippen molar-refractivity contribution in [2.24, 2.45) is 0 Å². The van der Waals surface area contributed by atoms with Crippen LogP contribution in [0.15, 0.2) is 18.2 Å². The minimum atomic E-state index is -0.0496. The smallest absolute Gasteiger partial charge is 0.240 e. The highest BCUT2D eigenvalue weighted by molar-refractivity contribution is 7.22. The van der Waals surface area contributed by atoms with E-state index in [0.717, 1.165) is 23.3 Å². The summed E-state index contributed by atoms with van der Waals surface area (Å²) >= 11 is 7.40. The zero-order chi connectivity index (χ0) is 15.7. The number of nitrogens with zero attached hydrogens (tertiary/aromatic N) is 2. The number of fused-ring (bicyclic) bond motifs is 1. The molecule has 1 aliphatic rings. The van der Waals surface area contributed by atoms with E-state index in [4.69, 9.17) is 16.3 Å². The average molecular weight is 340 g/mol. The quantitative estimate of drug-likeness (QED) is 0.934. The van der Waals surface area contributed by atoms with Crippen LogP contribution in [0.25, 0.3) is 10.2 Å². The van der Waals surface area contributed by atoms with Crippen molar-refractivity contribution in [3.63, 3.8) is 0 Å². The Kier molecular flexibility index (Phi) is 4.63. The molecule has 0 aliphatic carbocycles. The molecular weight excluding hydrogens is 322 g/mol. The van der Waals surface area contributed by atoms with Gasteiger partial charge in [0.1, 0.15) is 0 Å². The topological polar surface area (TPSA) is 54.5 Å². The lowest BCUT2D eigenvalue weighted by Gasteiger charge is -2.34. The lowest BCUT2D eigenvalue weighted by molar-refractivity contribution is -0.121. The molecule has 2 heterocycles. The molecule has 0 unspecified atom stereocenters. The van der Waals surface area contributed by atoms with Gasteiger partial charge in [0.2, 0.25) is 5.91 Å². The predicted molar refractivity (Wildman–Crippen MR) is 89.7 cm³/mol. The number of thiazole rings is 1. The molecule has 1 saturated heterocycles. The maximum Gasteiger partial charge on any atom is 0.240 e. The summed E-state index contributed by atoms with van der Waals surface area (Å²) in [4.78, 5) is 18.7. The molecule has 0 spiro atoms. The number of benzene rings is 1. The normalized spacial score (nSPS) is 22.9. The Labute approximate surface area is 138 Å². The first-order valence-corrected chi connectivity index (χ1v) is 8.43. The van der Waals surface area contributed by atoms with Crippen LogP contribution >= 0.6 is 22.9 Å². The lowest BCUT2D eigenvalue weighted by atomic mass is 10.2. The molecule has 2 atom stereocenters. The van der Waals surface area contributed by atoms with E-state index in [9.17, 15) is 4.79 Å². The summed E-state index contributed by atoms with van der Waals surface area (Å²) in [6.07, 6.45) is 0.308. The van der Waals surface area contributed by atoms with E-state index in [1.165, 1.54) is 11.3 Å². The van der Waals surface area contributed by atoms with Gasteiger partial charge in [0.05, 0.1) is 29.0 Å². The first-order valence-electron chi connectivity index (χ1n) is 7.23. The minimum absolute atomic E-state index is 0.0496. The van der Waals surface area contributed by atoms with Crippen molar-refractivity contribution in [1.29, 1.82) is 0 Å². The molecule has 3 rings (SSSR count). The van der Waals surface area contributed by atoms with Crippen LogP contribution in [-0.2, 0) is 9.53 Å². The Bertz CT molecular complexity index is 680. The third kappa shape index (κ3) is 3.76. The Morgan fingerprint density at radius 3 is 2.91 bits per heavy atom. The number of amides is 1. The second kappa shape index (κ2) is 6.50. The summed E-state index contributed by atoms with van der Waals surface area (Å²) in [5.41, 5.74) is 0.807. The fourth-order valence-corrected chi connectivity index (χ4v) is 3.76.